The zero-order valence-electron chi connectivity index (χ0n) is 12.9. The molecule has 26 heavy (non-hydrogen) atoms. The Morgan fingerprint density at radius 1 is 1.08 bits per heavy atom. The van der Waals surface area contributed by atoms with Crippen LogP contribution in [0.1, 0.15) is 15.9 Å². The average molecular weight is 475 g/mol. The first-order chi connectivity index (χ1) is 12.4. The van der Waals surface area contributed by atoms with E-state index in [1.54, 1.807) is 24.3 Å². The zero-order valence-corrected chi connectivity index (χ0v) is 15.1. The summed E-state index contributed by atoms with van der Waals surface area (Å²) < 4.78 is 55.7. The molecule has 0 radical (unpaired) electrons. The fraction of sp³-hybridized carbons (Fsp3) is 0.0588. The molecule has 0 bridgehead atoms. The second-order valence-electron chi connectivity index (χ2n) is 5.28. The van der Waals surface area contributed by atoms with Crippen LogP contribution in [0.3, 0.4) is 0 Å². The molecule has 1 heterocycles. The van der Waals surface area contributed by atoms with Gasteiger partial charge in [0.1, 0.15) is 0 Å². The molecule has 1 aromatic heterocycles. The van der Waals surface area contributed by atoms with E-state index >= 15 is 0 Å². The van der Waals surface area contributed by atoms with E-state index in [2.05, 4.69) is 10.4 Å². The Labute approximate surface area is 159 Å². The lowest BCUT2D eigenvalue weighted by atomic mass is 10.2. The Balaban J connectivity index is 1.79. The number of halogens is 5. The quantitative estimate of drug-likeness (QED) is 0.347. The number of anilines is 1. The van der Waals surface area contributed by atoms with Crippen LogP contribution in [-0.4, -0.2) is 15.7 Å². The Morgan fingerprint density at radius 3 is 2.38 bits per heavy atom. The van der Waals surface area contributed by atoms with Crippen molar-refractivity contribution in [1.29, 1.82) is 0 Å². The van der Waals surface area contributed by atoms with Crippen LogP contribution in [0, 0.1) is 26.8 Å². The largest absolute Gasteiger partial charge is 0.305 e. The van der Waals surface area contributed by atoms with E-state index in [4.69, 9.17) is 0 Å². The number of carbonyl (C=O) groups is 1. The molecular formula is C17H10F4IN3O. The van der Waals surface area contributed by atoms with Gasteiger partial charge >= 0.3 is 0 Å². The molecule has 0 saturated carbocycles. The van der Waals surface area contributed by atoms with E-state index in [-0.39, 0.29) is 11.9 Å². The predicted molar refractivity (Wildman–Crippen MR) is 94.7 cm³/mol. The van der Waals surface area contributed by atoms with Crippen LogP contribution in [0.5, 0.6) is 0 Å². The van der Waals surface area contributed by atoms with Gasteiger partial charge < -0.3 is 5.32 Å². The number of amides is 1. The van der Waals surface area contributed by atoms with Gasteiger partial charge in [0.2, 0.25) is 0 Å². The van der Waals surface area contributed by atoms with Crippen LogP contribution in [0.15, 0.2) is 42.6 Å². The molecule has 4 nitrogen and oxygen atoms in total. The normalized spacial score (nSPS) is 10.8. The molecule has 0 atom stereocenters. The van der Waals surface area contributed by atoms with E-state index < -0.39 is 41.3 Å². The molecule has 3 rings (SSSR count). The molecule has 0 fully saturated rings. The molecule has 0 aliphatic carbocycles. The molecule has 2 aromatic carbocycles. The predicted octanol–water partition coefficient (Wildman–Crippen LogP) is 4.34. The van der Waals surface area contributed by atoms with Gasteiger partial charge in [-0.2, -0.15) is 5.10 Å². The lowest BCUT2D eigenvalue weighted by Crippen LogP contribution is -2.14. The van der Waals surface area contributed by atoms with Gasteiger partial charge in [0.25, 0.3) is 5.91 Å². The third-order valence-corrected chi connectivity index (χ3v) is 4.46. The van der Waals surface area contributed by atoms with Crippen LogP contribution in [0.4, 0.5) is 23.4 Å². The smallest absolute Gasteiger partial charge is 0.257 e. The summed E-state index contributed by atoms with van der Waals surface area (Å²) in [6, 6.07) is 8.43. The van der Waals surface area contributed by atoms with Crippen molar-refractivity contribution in [3.05, 3.63) is 80.6 Å². The summed E-state index contributed by atoms with van der Waals surface area (Å²) in [5.74, 6) is -6.22. The summed E-state index contributed by atoms with van der Waals surface area (Å²) in [5.41, 5.74) is -0.354. The average Bonchev–Trinajstić information content (AvgIpc) is 3.04. The molecule has 0 unspecified atom stereocenters. The van der Waals surface area contributed by atoms with Crippen molar-refractivity contribution in [3.8, 4) is 0 Å². The molecule has 1 amide bonds. The minimum Gasteiger partial charge on any atom is -0.305 e. The fourth-order valence-electron chi connectivity index (χ4n) is 2.27. The molecular weight excluding hydrogens is 465 g/mol. The van der Waals surface area contributed by atoms with Gasteiger partial charge in [-0.3, -0.25) is 9.48 Å². The third-order valence-electron chi connectivity index (χ3n) is 3.52. The van der Waals surface area contributed by atoms with Crippen LogP contribution in [0.25, 0.3) is 0 Å². The number of hydrogen-bond donors (Lipinski definition) is 1. The maximum absolute atomic E-state index is 13.7. The number of nitrogens with one attached hydrogen (secondary N) is 1. The highest BCUT2D eigenvalue weighted by atomic mass is 127. The monoisotopic (exact) mass is 475 g/mol. The SMILES string of the molecule is O=C(Nc1ccn(Cc2c(F)c(F)cc(F)c2F)n1)c1ccccc1I. The van der Waals surface area contributed by atoms with Crippen molar-refractivity contribution < 1.29 is 22.4 Å². The van der Waals surface area contributed by atoms with Crippen molar-refractivity contribution in [3.63, 3.8) is 0 Å². The summed E-state index contributed by atoms with van der Waals surface area (Å²) >= 11 is 2.01. The summed E-state index contributed by atoms with van der Waals surface area (Å²) in [6.45, 7) is -0.537. The molecule has 0 saturated heterocycles. The van der Waals surface area contributed by atoms with E-state index in [1.165, 1.54) is 12.3 Å². The lowest BCUT2D eigenvalue weighted by Gasteiger charge is -2.07. The van der Waals surface area contributed by atoms with Crippen molar-refractivity contribution in [2.75, 3.05) is 5.32 Å². The second kappa shape index (κ2) is 7.44. The molecule has 134 valence electrons. The maximum Gasteiger partial charge on any atom is 0.257 e. The summed E-state index contributed by atoms with van der Waals surface area (Å²) in [5, 5.41) is 6.49. The van der Waals surface area contributed by atoms with Gasteiger partial charge in [-0.15, -0.1) is 0 Å². The molecule has 1 N–H and O–H groups in total. The van der Waals surface area contributed by atoms with Crippen LogP contribution in [-0.2, 0) is 6.54 Å². The number of carbonyl (C=O) groups excluding carboxylic acids is 1. The van der Waals surface area contributed by atoms with Crippen molar-refractivity contribution in [2.45, 2.75) is 6.54 Å². The molecule has 0 aliphatic heterocycles. The van der Waals surface area contributed by atoms with Gasteiger partial charge in [0, 0.05) is 21.9 Å². The Bertz CT molecular complexity index is 964. The van der Waals surface area contributed by atoms with Crippen LogP contribution < -0.4 is 5.32 Å². The van der Waals surface area contributed by atoms with E-state index in [0.29, 0.717) is 5.56 Å². The van der Waals surface area contributed by atoms with Gasteiger partial charge in [0.15, 0.2) is 29.1 Å². The van der Waals surface area contributed by atoms with Gasteiger partial charge in [-0.25, -0.2) is 17.6 Å². The van der Waals surface area contributed by atoms with Crippen molar-refractivity contribution in [2.24, 2.45) is 0 Å². The van der Waals surface area contributed by atoms with E-state index in [1.807, 2.05) is 22.6 Å². The lowest BCUT2D eigenvalue weighted by molar-refractivity contribution is 0.102. The first-order valence-electron chi connectivity index (χ1n) is 7.28. The van der Waals surface area contributed by atoms with Crippen molar-refractivity contribution in [1.82, 2.24) is 9.78 Å². The number of rotatable bonds is 4. The third kappa shape index (κ3) is 3.71. The van der Waals surface area contributed by atoms with Crippen molar-refractivity contribution >= 4 is 34.3 Å². The number of benzene rings is 2. The minimum atomic E-state index is -1.49. The van der Waals surface area contributed by atoms with Gasteiger partial charge in [-0.1, -0.05) is 12.1 Å². The molecule has 0 spiro atoms. The highest BCUT2D eigenvalue weighted by Gasteiger charge is 2.20. The molecule has 3 aromatic rings. The highest BCUT2D eigenvalue weighted by molar-refractivity contribution is 14.1. The zero-order chi connectivity index (χ0) is 18.8. The maximum atomic E-state index is 13.7. The first kappa shape index (κ1) is 18.4. The Hall–Kier alpha value is -2.43. The summed E-state index contributed by atoms with van der Waals surface area (Å²) in [6.07, 6.45) is 1.33. The van der Waals surface area contributed by atoms with Crippen LogP contribution in [0.2, 0.25) is 0 Å². The molecule has 0 aliphatic rings. The van der Waals surface area contributed by atoms with Crippen LogP contribution >= 0.6 is 22.6 Å². The topological polar surface area (TPSA) is 46.9 Å². The number of hydrogen-bond acceptors (Lipinski definition) is 2. The molecule has 9 heteroatoms. The first-order valence-corrected chi connectivity index (χ1v) is 8.36. The number of aromatic nitrogens is 2. The van der Waals surface area contributed by atoms with E-state index in [9.17, 15) is 22.4 Å². The van der Waals surface area contributed by atoms with Gasteiger partial charge in [0.05, 0.1) is 17.7 Å². The van der Waals surface area contributed by atoms with Gasteiger partial charge in [-0.05, 0) is 34.7 Å². The van der Waals surface area contributed by atoms with E-state index in [0.717, 1.165) is 8.25 Å². The Morgan fingerprint density at radius 2 is 1.73 bits per heavy atom. The highest BCUT2D eigenvalue weighted by Crippen LogP contribution is 2.20. The Kier molecular flexibility index (Phi) is 5.25. The standard InChI is InChI=1S/C17H10F4IN3O/c18-11-7-12(19)16(21)10(15(11)20)8-25-6-5-14(24-25)23-17(26)9-3-1-2-4-13(9)22/h1-7H,8H2,(H,23,24,26). The second-order valence-corrected chi connectivity index (χ2v) is 6.44. The summed E-state index contributed by atoms with van der Waals surface area (Å²) in [4.78, 5) is 12.2. The summed E-state index contributed by atoms with van der Waals surface area (Å²) in [7, 11) is 0. The fourth-order valence-corrected chi connectivity index (χ4v) is 2.90. The minimum absolute atomic E-state index is 0.132. The number of nitrogens with zero attached hydrogens (tertiary/aromatic N) is 2.